The number of rotatable bonds is 8. The second-order valence-corrected chi connectivity index (χ2v) is 14.9. The van der Waals surface area contributed by atoms with E-state index in [2.05, 4.69) is 16.0 Å². The van der Waals surface area contributed by atoms with Gasteiger partial charge in [-0.05, 0) is 60.8 Å². The Balaban J connectivity index is 1.76. The lowest BCUT2D eigenvalue weighted by Crippen LogP contribution is -2.60. The molecule has 0 bridgehead atoms. The number of nitrogens with one attached hydrogen (secondary N) is 3. The Kier molecular flexibility index (Phi) is 13.8. The Hall–Kier alpha value is -4.94. The second-order valence-electron chi connectivity index (χ2n) is 14.9. The number of phenols is 1. The van der Waals surface area contributed by atoms with Crippen LogP contribution in [0.25, 0.3) is 0 Å². The van der Waals surface area contributed by atoms with Crippen LogP contribution in [0.15, 0.2) is 54.6 Å². The second kappa shape index (κ2) is 18.0. The van der Waals surface area contributed by atoms with Crippen LogP contribution in [0.3, 0.4) is 0 Å². The van der Waals surface area contributed by atoms with Crippen molar-refractivity contribution >= 4 is 35.4 Å². The summed E-state index contributed by atoms with van der Waals surface area (Å²) in [5.41, 5.74) is 1.45. The summed E-state index contributed by atoms with van der Waals surface area (Å²) in [6.07, 6.45) is 1.69. The zero-order chi connectivity index (χ0) is 38.1. The highest BCUT2D eigenvalue weighted by molar-refractivity contribution is 5.98. The molecule has 13 heteroatoms. The molecule has 2 heterocycles. The minimum Gasteiger partial charge on any atom is -0.508 e. The van der Waals surface area contributed by atoms with E-state index in [0.29, 0.717) is 31.4 Å². The molecule has 4 N–H and O–H groups in total. The van der Waals surface area contributed by atoms with Crippen LogP contribution < -0.4 is 16.0 Å². The zero-order valence-corrected chi connectivity index (χ0v) is 31.1. The molecular formula is C39H54N6O7. The molecule has 2 aromatic rings. The Morgan fingerprint density at radius 3 is 1.92 bits per heavy atom. The Bertz CT molecular complexity index is 1580. The first-order chi connectivity index (χ1) is 24.6. The summed E-state index contributed by atoms with van der Waals surface area (Å²) in [5, 5.41) is 18.4. The summed E-state index contributed by atoms with van der Waals surface area (Å²) in [7, 11) is 2.98. The van der Waals surface area contributed by atoms with E-state index in [0.717, 1.165) is 5.56 Å². The van der Waals surface area contributed by atoms with Crippen molar-refractivity contribution in [2.75, 3.05) is 27.2 Å². The molecular weight excluding hydrogens is 664 g/mol. The third-order valence-corrected chi connectivity index (χ3v) is 9.64. The van der Waals surface area contributed by atoms with Gasteiger partial charge in [0.15, 0.2) is 0 Å². The highest BCUT2D eigenvalue weighted by atomic mass is 16.3. The predicted octanol–water partition coefficient (Wildman–Crippen LogP) is 2.01. The molecule has 0 aromatic heterocycles. The smallest absolute Gasteiger partial charge is 0.245 e. The van der Waals surface area contributed by atoms with Crippen LogP contribution in [-0.4, -0.2) is 113 Å². The maximum Gasteiger partial charge on any atom is 0.245 e. The predicted molar refractivity (Wildman–Crippen MR) is 196 cm³/mol. The number of nitrogens with zero attached hydrogens (tertiary/aromatic N) is 3. The molecule has 0 aliphatic carbocycles. The molecule has 5 atom stereocenters. The van der Waals surface area contributed by atoms with Gasteiger partial charge in [0, 0.05) is 33.5 Å². The van der Waals surface area contributed by atoms with Gasteiger partial charge >= 0.3 is 0 Å². The van der Waals surface area contributed by atoms with Gasteiger partial charge in [0.1, 0.15) is 36.0 Å². The average Bonchev–Trinajstić information content (AvgIpc) is 3.59. The number of amides is 6. The van der Waals surface area contributed by atoms with Crippen LogP contribution in [0.1, 0.15) is 64.5 Å². The third kappa shape index (κ3) is 10.5. The molecule has 6 amide bonds. The first-order valence-corrected chi connectivity index (χ1v) is 18.2. The number of hydrogen-bond acceptors (Lipinski definition) is 7. The van der Waals surface area contributed by atoms with Crippen LogP contribution >= 0.6 is 0 Å². The molecule has 2 aromatic carbocycles. The lowest BCUT2D eigenvalue weighted by Gasteiger charge is -2.35. The van der Waals surface area contributed by atoms with Gasteiger partial charge in [0.05, 0.1) is 6.54 Å². The van der Waals surface area contributed by atoms with Crippen LogP contribution in [0.2, 0.25) is 0 Å². The number of carbonyl (C=O) groups is 6. The van der Waals surface area contributed by atoms with Crippen molar-refractivity contribution in [2.45, 2.75) is 96.4 Å². The molecule has 0 spiro atoms. The van der Waals surface area contributed by atoms with Crippen molar-refractivity contribution in [3.05, 3.63) is 65.7 Å². The minimum atomic E-state index is -1.11. The van der Waals surface area contributed by atoms with Crippen molar-refractivity contribution in [3.8, 4) is 5.75 Å². The van der Waals surface area contributed by atoms with Crippen molar-refractivity contribution in [2.24, 2.45) is 11.8 Å². The van der Waals surface area contributed by atoms with E-state index in [1.807, 2.05) is 58.0 Å². The number of phenolic OH excluding ortho intramolecular Hbond substituents is 1. The number of benzene rings is 2. The van der Waals surface area contributed by atoms with Crippen molar-refractivity contribution in [1.29, 1.82) is 0 Å². The summed E-state index contributed by atoms with van der Waals surface area (Å²) < 4.78 is 0. The van der Waals surface area contributed by atoms with Gasteiger partial charge in [-0.3, -0.25) is 28.8 Å². The molecule has 2 fully saturated rings. The van der Waals surface area contributed by atoms with Gasteiger partial charge in [-0.1, -0.05) is 70.2 Å². The van der Waals surface area contributed by atoms with Crippen molar-refractivity contribution in [1.82, 2.24) is 30.7 Å². The third-order valence-electron chi connectivity index (χ3n) is 9.64. The fourth-order valence-electron chi connectivity index (χ4n) is 6.92. The van der Waals surface area contributed by atoms with E-state index >= 15 is 0 Å². The summed E-state index contributed by atoms with van der Waals surface area (Å²) in [6, 6.07) is 10.4. The van der Waals surface area contributed by atoms with Gasteiger partial charge in [-0.25, -0.2) is 0 Å². The first kappa shape index (κ1) is 39.8. The van der Waals surface area contributed by atoms with Gasteiger partial charge in [0.2, 0.25) is 35.4 Å². The maximum atomic E-state index is 14.3. The monoisotopic (exact) mass is 718 g/mol. The molecule has 0 radical (unpaired) electrons. The van der Waals surface area contributed by atoms with Crippen molar-refractivity contribution < 1.29 is 33.9 Å². The van der Waals surface area contributed by atoms with Crippen LogP contribution in [0, 0.1) is 11.8 Å². The Labute approximate surface area is 306 Å². The number of aromatic hydroxyl groups is 1. The largest absolute Gasteiger partial charge is 0.508 e. The van der Waals surface area contributed by atoms with Crippen molar-refractivity contribution in [3.63, 3.8) is 0 Å². The summed E-state index contributed by atoms with van der Waals surface area (Å²) in [6.45, 7) is 7.61. The summed E-state index contributed by atoms with van der Waals surface area (Å²) in [4.78, 5) is 88.2. The SMILES string of the molecule is CC(C)C[C@@H]1NC(=O)[C@H](Cc2ccccc2)NC(=O)CN(C)C(=O)[C@H](CC(C)C)N(C)C(=O)[C@H](Cc2ccc(O)cc2)NC(=O)[C@@H]2CCCN2C1=O. The molecule has 2 aliphatic rings. The van der Waals surface area contributed by atoms with E-state index < -0.39 is 65.7 Å². The van der Waals surface area contributed by atoms with Crippen LogP contribution in [0.4, 0.5) is 0 Å². The van der Waals surface area contributed by atoms with Gasteiger partial charge < -0.3 is 35.8 Å². The Morgan fingerprint density at radius 1 is 0.692 bits per heavy atom. The molecule has 0 saturated carbocycles. The van der Waals surface area contributed by atoms with E-state index in [-0.39, 0.29) is 43.4 Å². The zero-order valence-electron chi connectivity index (χ0n) is 31.1. The molecule has 282 valence electrons. The fraction of sp³-hybridized carbons (Fsp3) is 0.538. The topological polar surface area (TPSA) is 168 Å². The number of likely N-dealkylation sites (N-methyl/N-ethyl adjacent to an activating group) is 2. The molecule has 4 rings (SSSR count). The number of carbonyl (C=O) groups excluding carboxylic acids is 6. The molecule has 0 unspecified atom stereocenters. The first-order valence-electron chi connectivity index (χ1n) is 18.2. The van der Waals surface area contributed by atoms with E-state index in [4.69, 9.17) is 0 Å². The van der Waals surface area contributed by atoms with E-state index in [9.17, 15) is 33.9 Å². The standard InChI is InChI=1S/C39H54N6O7/c1-24(2)19-30-38(51)45-18-10-13-32(45)36(49)42-31(22-27-14-16-28(46)17-15-27)37(50)44(6)33(20-25(3)4)39(52)43(5)23-34(47)40-29(35(48)41-30)21-26-11-8-7-9-12-26/h7-9,11-12,14-17,24-25,29-33,46H,10,13,18-23H2,1-6H3,(H,40,47)(H,41,48)(H,42,49)/t29-,30-,31-,32-,33-/m0/s1. The number of hydrogen-bond donors (Lipinski definition) is 4. The lowest BCUT2D eigenvalue weighted by atomic mass is 9.98. The summed E-state index contributed by atoms with van der Waals surface area (Å²) in [5.74, 6) is -2.98. The number of fused-ring (bicyclic) bond motifs is 1. The fourth-order valence-corrected chi connectivity index (χ4v) is 6.92. The minimum absolute atomic E-state index is 0.00504. The van der Waals surface area contributed by atoms with Gasteiger partial charge in [0.25, 0.3) is 0 Å². The van der Waals surface area contributed by atoms with Gasteiger partial charge in [-0.15, -0.1) is 0 Å². The van der Waals surface area contributed by atoms with E-state index in [1.54, 1.807) is 12.1 Å². The maximum absolute atomic E-state index is 14.3. The molecule has 52 heavy (non-hydrogen) atoms. The molecule has 2 saturated heterocycles. The van der Waals surface area contributed by atoms with Crippen LogP contribution in [0.5, 0.6) is 5.75 Å². The highest BCUT2D eigenvalue weighted by Crippen LogP contribution is 2.23. The average molecular weight is 719 g/mol. The van der Waals surface area contributed by atoms with Crippen LogP contribution in [-0.2, 0) is 41.6 Å². The Morgan fingerprint density at radius 2 is 1.29 bits per heavy atom. The quantitative estimate of drug-likeness (QED) is 0.324. The summed E-state index contributed by atoms with van der Waals surface area (Å²) >= 11 is 0. The van der Waals surface area contributed by atoms with E-state index in [1.165, 1.54) is 40.9 Å². The molecule has 2 aliphatic heterocycles. The van der Waals surface area contributed by atoms with Gasteiger partial charge in [-0.2, -0.15) is 0 Å². The molecule has 13 nitrogen and oxygen atoms in total. The lowest BCUT2D eigenvalue weighted by molar-refractivity contribution is -0.148. The highest BCUT2D eigenvalue weighted by Gasteiger charge is 2.41. The normalized spacial score (nSPS) is 24.4.